The van der Waals surface area contributed by atoms with Crippen LogP contribution in [0.25, 0.3) is 0 Å². The van der Waals surface area contributed by atoms with Gasteiger partial charge in [0.15, 0.2) is 0 Å². The molecule has 2 aromatic carbocycles. The zero-order chi connectivity index (χ0) is 21.0. The first-order chi connectivity index (χ1) is 13.8. The molecule has 0 saturated carbocycles. The second-order valence-corrected chi connectivity index (χ2v) is 9.04. The molecule has 0 spiro atoms. The van der Waals surface area contributed by atoms with E-state index in [9.17, 15) is 13.2 Å². The monoisotopic (exact) mass is 416 g/mol. The minimum atomic E-state index is -3.62. The lowest BCUT2D eigenvalue weighted by molar-refractivity contribution is 0.102. The van der Waals surface area contributed by atoms with E-state index in [-0.39, 0.29) is 17.3 Å². The summed E-state index contributed by atoms with van der Waals surface area (Å²) < 4.78 is 26.9. The molecule has 8 heteroatoms. The fraction of sp³-hybridized carbons (Fsp3) is 0.381. The van der Waals surface area contributed by atoms with E-state index in [1.54, 1.807) is 19.9 Å². The predicted molar refractivity (Wildman–Crippen MR) is 116 cm³/mol. The molecule has 0 aromatic heterocycles. The molecule has 1 aliphatic rings. The maximum absolute atomic E-state index is 12.8. The molecule has 7 nitrogen and oxygen atoms in total. The first-order valence-electron chi connectivity index (χ1n) is 9.75. The van der Waals surface area contributed by atoms with Crippen LogP contribution in [0.15, 0.2) is 47.4 Å². The van der Waals surface area contributed by atoms with E-state index < -0.39 is 10.0 Å². The minimum absolute atomic E-state index is 0.0838. The molecule has 0 bridgehead atoms. The van der Waals surface area contributed by atoms with Gasteiger partial charge in [-0.15, -0.1) is 0 Å². The second kappa shape index (κ2) is 8.94. The van der Waals surface area contributed by atoms with Gasteiger partial charge in [-0.3, -0.25) is 4.79 Å². The summed E-state index contributed by atoms with van der Waals surface area (Å²) in [5, 5.41) is 2.87. The molecule has 3 rings (SSSR count). The van der Waals surface area contributed by atoms with Gasteiger partial charge in [0, 0.05) is 49.7 Å². The van der Waals surface area contributed by atoms with Gasteiger partial charge in [-0.2, -0.15) is 0 Å². The van der Waals surface area contributed by atoms with Crippen molar-refractivity contribution in [2.45, 2.75) is 18.7 Å². The van der Waals surface area contributed by atoms with E-state index in [2.05, 4.69) is 26.9 Å². The lowest BCUT2D eigenvalue weighted by atomic mass is 10.1. The van der Waals surface area contributed by atoms with E-state index in [1.807, 2.05) is 24.3 Å². The highest BCUT2D eigenvalue weighted by molar-refractivity contribution is 7.89. The zero-order valence-electron chi connectivity index (χ0n) is 17.1. The Kier molecular flexibility index (Phi) is 6.56. The first kappa shape index (κ1) is 21.3. The summed E-state index contributed by atoms with van der Waals surface area (Å²) >= 11 is 0. The van der Waals surface area contributed by atoms with Gasteiger partial charge in [0.1, 0.15) is 0 Å². The van der Waals surface area contributed by atoms with Crippen molar-refractivity contribution in [1.29, 1.82) is 0 Å². The fourth-order valence-corrected chi connectivity index (χ4v) is 4.37. The van der Waals surface area contributed by atoms with Crippen LogP contribution in [0.2, 0.25) is 0 Å². The molecule has 156 valence electrons. The Morgan fingerprint density at radius 1 is 1.03 bits per heavy atom. The van der Waals surface area contributed by atoms with Crippen LogP contribution in [-0.2, 0) is 10.0 Å². The van der Waals surface area contributed by atoms with Crippen molar-refractivity contribution >= 4 is 27.3 Å². The Labute approximate surface area is 172 Å². The van der Waals surface area contributed by atoms with Gasteiger partial charge in [0.2, 0.25) is 10.0 Å². The van der Waals surface area contributed by atoms with Crippen LogP contribution in [0.4, 0.5) is 11.4 Å². The average Bonchev–Trinajstić information content (AvgIpc) is 2.69. The van der Waals surface area contributed by atoms with E-state index in [0.717, 1.165) is 31.9 Å². The molecular weight excluding hydrogens is 388 g/mol. The largest absolute Gasteiger partial charge is 0.369 e. The summed E-state index contributed by atoms with van der Waals surface area (Å²) in [5.41, 5.74) is 2.86. The topological polar surface area (TPSA) is 81.7 Å². The van der Waals surface area contributed by atoms with E-state index in [0.29, 0.717) is 16.8 Å². The third-order valence-corrected chi connectivity index (χ3v) is 6.64. The first-order valence-corrected chi connectivity index (χ1v) is 11.2. The Hall–Kier alpha value is -2.42. The SMILES string of the molecule is CCNS(=O)(=O)c1ccc(C)c(C(=O)Nc2ccc(N3CCN(C)CC3)cc2)c1. The normalized spacial score (nSPS) is 15.3. The highest BCUT2D eigenvalue weighted by atomic mass is 32.2. The van der Waals surface area contributed by atoms with Gasteiger partial charge in [-0.05, 0) is 55.9 Å². The van der Waals surface area contributed by atoms with Crippen molar-refractivity contribution in [1.82, 2.24) is 9.62 Å². The van der Waals surface area contributed by atoms with Crippen LogP contribution in [-0.4, -0.2) is 59.0 Å². The number of nitrogens with one attached hydrogen (secondary N) is 2. The summed E-state index contributed by atoms with van der Waals surface area (Å²) in [6, 6.07) is 12.3. The lowest BCUT2D eigenvalue weighted by Gasteiger charge is -2.34. The van der Waals surface area contributed by atoms with Crippen LogP contribution in [0.5, 0.6) is 0 Å². The quantitative estimate of drug-likeness (QED) is 0.755. The van der Waals surface area contributed by atoms with E-state index in [1.165, 1.54) is 12.1 Å². The number of piperazine rings is 1. The number of benzene rings is 2. The maximum Gasteiger partial charge on any atom is 0.255 e. The van der Waals surface area contributed by atoms with Crippen molar-refractivity contribution < 1.29 is 13.2 Å². The lowest BCUT2D eigenvalue weighted by Crippen LogP contribution is -2.44. The Morgan fingerprint density at radius 3 is 2.31 bits per heavy atom. The third-order valence-electron chi connectivity index (χ3n) is 5.09. The van der Waals surface area contributed by atoms with Crippen LogP contribution in [0, 0.1) is 6.92 Å². The Morgan fingerprint density at radius 2 is 1.69 bits per heavy atom. The molecule has 0 aliphatic carbocycles. The van der Waals surface area contributed by atoms with Gasteiger partial charge in [0.25, 0.3) is 5.91 Å². The number of carbonyl (C=O) groups is 1. The number of amides is 1. The number of anilines is 2. The zero-order valence-corrected chi connectivity index (χ0v) is 17.9. The summed E-state index contributed by atoms with van der Waals surface area (Å²) in [5.74, 6) is -0.330. The van der Waals surface area contributed by atoms with Crippen LogP contribution in [0.1, 0.15) is 22.8 Å². The molecule has 1 saturated heterocycles. The number of sulfonamides is 1. The van der Waals surface area contributed by atoms with Gasteiger partial charge >= 0.3 is 0 Å². The van der Waals surface area contributed by atoms with Crippen LogP contribution < -0.4 is 14.9 Å². The maximum atomic E-state index is 12.8. The van der Waals surface area contributed by atoms with Crippen molar-refractivity contribution in [2.24, 2.45) is 0 Å². The minimum Gasteiger partial charge on any atom is -0.369 e. The summed E-state index contributed by atoms with van der Waals surface area (Å²) in [7, 11) is -1.50. The smallest absolute Gasteiger partial charge is 0.255 e. The molecule has 1 heterocycles. The molecular formula is C21H28N4O3S. The number of carbonyl (C=O) groups excluding carboxylic acids is 1. The molecule has 0 unspecified atom stereocenters. The number of rotatable bonds is 6. The second-order valence-electron chi connectivity index (χ2n) is 7.27. The molecule has 29 heavy (non-hydrogen) atoms. The van der Waals surface area contributed by atoms with Gasteiger partial charge in [0.05, 0.1) is 4.90 Å². The van der Waals surface area contributed by atoms with E-state index >= 15 is 0 Å². The Bertz CT molecular complexity index is 966. The molecule has 1 amide bonds. The molecule has 1 aliphatic heterocycles. The van der Waals surface area contributed by atoms with Gasteiger partial charge in [-0.25, -0.2) is 13.1 Å². The van der Waals surface area contributed by atoms with Gasteiger partial charge in [-0.1, -0.05) is 13.0 Å². The van der Waals surface area contributed by atoms with Crippen molar-refractivity contribution in [3.05, 3.63) is 53.6 Å². The molecule has 1 fully saturated rings. The van der Waals surface area contributed by atoms with E-state index in [4.69, 9.17) is 0 Å². The summed E-state index contributed by atoms with van der Waals surface area (Å²) in [4.78, 5) is 17.5. The highest BCUT2D eigenvalue weighted by Crippen LogP contribution is 2.21. The number of hydrogen-bond donors (Lipinski definition) is 2. The highest BCUT2D eigenvalue weighted by Gasteiger charge is 2.18. The number of nitrogens with zero attached hydrogens (tertiary/aromatic N) is 2. The van der Waals surface area contributed by atoms with Crippen molar-refractivity contribution in [3.63, 3.8) is 0 Å². The average molecular weight is 417 g/mol. The molecule has 2 N–H and O–H groups in total. The third kappa shape index (κ3) is 5.14. The molecule has 2 aromatic rings. The van der Waals surface area contributed by atoms with Crippen molar-refractivity contribution in [3.8, 4) is 0 Å². The summed E-state index contributed by atoms with van der Waals surface area (Å²) in [6.45, 7) is 7.81. The van der Waals surface area contributed by atoms with Crippen molar-refractivity contribution in [2.75, 3.05) is 50.0 Å². The predicted octanol–water partition coefficient (Wildman–Crippen LogP) is 2.30. The fourth-order valence-electron chi connectivity index (χ4n) is 3.30. The molecule has 0 atom stereocenters. The Balaban J connectivity index is 1.73. The van der Waals surface area contributed by atoms with Crippen LogP contribution in [0.3, 0.4) is 0 Å². The standard InChI is InChI=1S/C21H28N4O3S/c1-4-22-29(27,28)19-10-5-16(2)20(15-19)21(26)23-17-6-8-18(9-7-17)25-13-11-24(3)12-14-25/h5-10,15,22H,4,11-14H2,1-3H3,(H,23,26). The molecule has 0 radical (unpaired) electrons. The number of aryl methyl sites for hydroxylation is 1. The summed E-state index contributed by atoms with van der Waals surface area (Å²) in [6.07, 6.45) is 0. The van der Waals surface area contributed by atoms with Gasteiger partial charge < -0.3 is 15.1 Å². The number of hydrogen-bond acceptors (Lipinski definition) is 5. The van der Waals surface area contributed by atoms with Crippen LogP contribution >= 0.6 is 0 Å². The number of likely N-dealkylation sites (N-methyl/N-ethyl adjacent to an activating group) is 1.